The summed E-state index contributed by atoms with van der Waals surface area (Å²) in [5.74, 6) is -0.0871. The van der Waals surface area contributed by atoms with Gasteiger partial charge in [-0.15, -0.1) is 0 Å². The molecular formula is C18H15N5O3. The van der Waals surface area contributed by atoms with Crippen LogP contribution in [0.2, 0.25) is 0 Å². The van der Waals surface area contributed by atoms with Crippen molar-refractivity contribution in [3.63, 3.8) is 0 Å². The molecule has 1 aromatic heterocycles. The number of hydrazine groups is 1. The second-order valence-corrected chi connectivity index (χ2v) is 5.50. The number of non-ortho nitro benzene ring substituents is 1. The normalized spacial score (nSPS) is 10.2. The largest absolute Gasteiger partial charge is 0.298 e. The molecule has 26 heavy (non-hydrogen) atoms. The molecule has 0 aliphatic carbocycles. The van der Waals surface area contributed by atoms with E-state index in [1.807, 2.05) is 31.2 Å². The number of carbonyl (C=O) groups excluding carboxylic acids is 1. The highest BCUT2D eigenvalue weighted by molar-refractivity contribution is 5.94. The zero-order valence-corrected chi connectivity index (χ0v) is 13.8. The van der Waals surface area contributed by atoms with Gasteiger partial charge in [-0.1, -0.05) is 30.3 Å². The Bertz CT molecular complexity index is 957. The SMILES string of the molecule is Cc1ccccc1NNC(=O)c1cnc(-c2cccc([N+](=O)[O-])c2)nc1. The average Bonchev–Trinajstić information content (AvgIpc) is 2.67. The van der Waals surface area contributed by atoms with Gasteiger partial charge in [0.15, 0.2) is 5.82 Å². The van der Waals surface area contributed by atoms with Crippen molar-refractivity contribution in [2.45, 2.75) is 6.92 Å². The highest BCUT2D eigenvalue weighted by atomic mass is 16.6. The van der Waals surface area contributed by atoms with Crippen LogP contribution in [0.4, 0.5) is 11.4 Å². The Morgan fingerprint density at radius 2 is 1.81 bits per heavy atom. The molecular weight excluding hydrogens is 334 g/mol. The van der Waals surface area contributed by atoms with Crippen LogP contribution in [0.3, 0.4) is 0 Å². The van der Waals surface area contributed by atoms with Crippen molar-refractivity contribution in [1.29, 1.82) is 0 Å². The number of anilines is 1. The van der Waals surface area contributed by atoms with Crippen LogP contribution >= 0.6 is 0 Å². The monoisotopic (exact) mass is 349 g/mol. The Morgan fingerprint density at radius 3 is 2.50 bits per heavy atom. The number of aromatic nitrogens is 2. The summed E-state index contributed by atoms with van der Waals surface area (Å²) >= 11 is 0. The molecule has 0 radical (unpaired) electrons. The van der Waals surface area contributed by atoms with Gasteiger partial charge >= 0.3 is 0 Å². The molecule has 2 aromatic carbocycles. The summed E-state index contributed by atoms with van der Waals surface area (Å²) in [7, 11) is 0. The topological polar surface area (TPSA) is 110 Å². The zero-order valence-electron chi connectivity index (χ0n) is 13.8. The summed E-state index contributed by atoms with van der Waals surface area (Å²) in [5.41, 5.74) is 7.93. The minimum Gasteiger partial charge on any atom is -0.298 e. The van der Waals surface area contributed by atoms with E-state index in [1.54, 1.807) is 12.1 Å². The van der Waals surface area contributed by atoms with Crippen molar-refractivity contribution >= 4 is 17.3 Å². The molecule has 1 heterocycles. The van der Waals surface area contributed by atoms with E-state index in [4.69, 9.17) is 0 Å². The Morgan fingerprint density at radius 1 is 1.08 bits per heavy atom. The van der Waals surface area contributed by atoms with E-state index in [0.29, 0.717) is 11.4 Å². The molecule has 0 spiro atoms. The molecule has 0 bridgehead atoms. The number of hydrogen-bond donors (Lipinski definition) is 2. The number of benzene rings is 2. The Labute approximate surface area is 149 Å². The number of nitro benzene ring substituents is 1. The molecule has 3 rings (SSSR count). The lowest BCUT2D eigenvalue weighted by molar-refractivity contribution is -0.384. The number of hydrogen-bond acceptors (Lipinski definition) is 6. The Kier molecular flexibility index (Phi) is 4.84. The summed E-state index contributed by atoms with van der Waals surface area (Å²) in [5, 5.41) is 10.8. The standard InChI is InChI=1S/C18H15N5O3/c1-12-5-2-3-8-16(12)21-22-18(24)14-10-19-17(20-11-14)13-6-4-7-15(9-13)23(25)26/h2-11,21H,1H3,(H,22,24). The van der Waals surface area contributed by atoms with Crippen molar-refractivity contribution in [3.8, 4) is 11.4 Å². The van der Waals surface area contributed by atoms with Gasteiger partial charge in [0.1, 0.15) is 0 Å². The highest BCUT2D eigenvalue weighted by Gasteiger charge is 2.11. The van der Waals surface area contributed by atoms with Crippen LogP contribution in [-0.4, -0.2) is 20.8 Å². The van der Waals surface area contributed by atoms with Crippen LogP contribution in [-0.2, 0) is 0 Å². The van der Waals surface area contributed by atoms with Crippen LogP contribution in [0.1, 0.15) is 15.9 Å². The second-order valence-electron chi connectivity index (χ2n) is 5.50. The summed E-state index contributed by atoms with van der Waals surface area (Å²) in [6.45, 7) is 1.92. The number of aryl methyl sites for hydroxylation is 1. The molecule has 0 aliphatic rings. The van der Waals surface area contributed by atoms with Crippen LogP contribution in [0, 0.1) is 17.0 Å². The van der Waals surface area contributed by atoms with Crippen LogP contribution in [0.15, 0.2) is 60.9 Å². The van der Waals surface area contributed by atoms with Gasteiger partial charge < -0.3 is 0 Å². The summed E-state index contributed by atoms with van der Waals surface area (Å²) in [6.07, 6.45) is 2.74. The molecule has 0 aliphatic heterocycles. The number of nitrogens with zero attached hydrogens (tertiary/aromatic N) is 3. The lowest BCUT2D eigenvalue weighted by atomic mass is 10.2. The molecule has 0 atom stereocenters. The van der Waals surface area contributed by atoms with E-state index in [9.17, 15) is 14.9 Å². The van der Waals surface area contributed by atoms with Crippen molar-refractivity contribution in [3.05, 3.63) is 82.2 Å². The molecule has 3 aromatic rings. The maximum absolute atomic E-state index is 12.2. The molecule has 0 fully saturated rings. The van der Waals surface area contributed by atoms with Crippen molar-refractivity contribution in [2.24, 2.45) is 0 Å². The minimum absolute atomic E-state index is 0.0460. The number of amides is 1. The number of carbonyl (C=O) groups is 1. The number of nitro groups is 1. The molecule has 8 heteroatoms. The van der Waals surface area contributed by atoms with Gasteiger partial charge in [0.25, 0.3) is 11.6 Å². The number of rotatable bonds is 5. The third-order valence-electron chi connectivity index (χ3n) is 3.68. The average molecular weight is 349 g/mol. The predicted octanol–water partition coefficient (Wildman–Crippen LogP) is 3.12. The first kappa shape index (κ1) is 17.0. The maximum Gasteiger partial charge on any atom is 0.272 e. The second kappa shape index (κ2) is 7.39. The van der Waals surface area contributed by atoms with Gasteiger partial charge in [-0.25, -0.2) is 9.97 Å². The van der Waals surface area contributed by atoms with E-state index in [0.717, 1.165) is 11.3 Å². The Balaban J connectivity index is 1.71. The fraction of sp³-hybridized carbons (Fsp3) is 0.0556. The molecule has 8 nitrogen and oxygen atoms in total. The number of nitrogens with one attached hydrogen (secondary N) is 2. The molecule has 2 N–H and O–H groups in total. The number of para-hydroxylation sites is 1. The molecule has 0 saturated carbocycles. The van der Waals surface area contributed by atoms with E-state index >= 15 is 0 Å². The van der Waals surface area contributed by atoms with Crippen LogP contribution in [0.25, 0.3) is 11.4 Å². The van der Waals surface area contributed by atoms with Gasteiger partial charge in [0, 0.05) is 30.1 Å². The van der Waals surface area contributed by atoms with Crippen molar-refractivity contribution < 1.29 is 9.72 Å². The third kappa shape index (κ3) is 3.81. The molecule has 0 saturated heterocycles. The summed E-state index contributed by atoms with van der Waals surface area (Å²) < 4.78 is 0. The van der Waals surface area contributed by atoms with Gasteiger partial charge in [0.2, 0.25) is 0 Å². The lowest BCUT2D eigenvalue weighted by Crippen LogP contribution is -2.29. The van der Waals surface area contributed by atoms with Gasteiger partial charge in [-0.2, -0.15) is 0 Å². The molecule has 1 amide bonds. The zero-order chi connectivity index (χ0) is 18.5. The molecule has 130 valence electrons. The van der Waals surface area contributed by atoms with Crippen LogP contribution < -0.4 is 10.9 Å². The van der Waals surface area contributed by atoms with Gasteiger partial charge in [-0.05, 0) is 18.6 Å². The molecule has 0 unspecified atom stereocenters. The van der Waals surface area contributed by atoms with Gasteiger partial charge in [-0.3, -0.25) is 25.8 Å². The first-order valence-corrected chi connectivity index (χ1v) is 7.73. The third-order valence-corrected chi connectivity index (χ3v) is 3.68. The maximum atomic E-state index is 12.2. The smallest absolute Gasteiger partial charge is 0.272 e. The quantitative estimate of drug-likeness (QED) is 0.541. The summed E-state index contributed by atoms with van der Waals surface area (Å²) in [4.78, 5) is 30.8. The first-order chi connectivity index (χ1) is 12.5. The predicted molar refractivity (Wildman–Crippen MR) is 96.4 cm³/mol. The highest BCUT2D eigenvalue weighted by Crippen LogP contribution is 2.20. The summed E-state index contributed by atoms with van der Waals surface area (Å²) in [6, 6.07) is 13.5. The first-order valence-electron chi connectivity index (χ1n) is 7.73. The van der Waals surface area contributed by atoms with E-state index < -0.39 is 4.92 Å². The fourth-order valence-electron chi connectivity index (χ4n) is 2.26. The van der Waals surface area contributed by atoms with E-state index in [1.165, 1.54) is 24.5 Å². The van der Waals surface area contributed by atoms with Crippen molar-refractivity contribution in [1.82, 2.24) is 15.4 Å². The van der Waals surface area contributed by atoms with E-state index in [-0.39, 0.29) is 17.2 Å². The van der Waals surface area contributed by atoms with Gasteiger partial charge in [0.05, 0.1) is 16.2 Å². The van der Waals surface area contributed by atoms with Crippen molar-refractivity contribution in [2.75, 3.05) is 5.43 Å². The lowest BCUT2D eigenvalue weighted by Gasteiger charge is -2.10. The minimum atomic E-state index is -0.484. The Hall–Kier alpha value is -3.81. The van der Waals surface area contributed by atoms with E-state index in [2.05, 4.69) is 20.8 Å². The fourth-order valence-corrected chi connectivity index (χ4v) is 2.26. The van der Waals surface area contributed by atoms with Crippen LogP contribution in [0.5, 0.6) is 0 Å².